The van der Waals surface area contributed by atoms with E-state index in [9.17, 15) is 10.2 Å². The summed E-state index contributed by atoms with van der Waals surface area (Å²) < 4.78 is 4.42. The predicted octanol–water partition coefficient (Wildman–Crippen LogP) is 5.28. The average molecular weight is 525 g/mol. The van der Waals surface area contributed by atoms with E-state index >= 15 is 0 Å². The maximum atomic E-state index is 9.84. The van der Waals surface area contributed by atoms with Crippen molar-refractivity contribution in [3.05, 3.63) is 72.3 Å². The third-order valence-electron chi connectivity index (χ3n) is 6.08. The summed E-state index contributed by atoms with van der Waals surface area (Å²) in [7, 11) is 3.37. The molecule has 8 heteroatoms. The zero-order valence-electron chi connectivity index (χ0n) is 21.4. The summed E-state index contributed by atoms with van der Waals surface area (Å²) in [6.07, 6.45) is 0. The van der Waals surface area contributed by atoms with E-state index in [1.54, 1.807) is 21.6 Å². The van der Waals surface area contributed by atoms with E-state index in [1.165, 1.54) is 0 Å². The van der Waals surface area contributed by atoms with E-state index in [1.807, 2.05) is 36.4 Å². The number of aromatic nitrogens is 4. The lowest BCUT2D eigenvalue weighted by molar-refractivity contribution is -0.695. The first-order valence-corrected chi connectivity index (χ1v) is 14.6. The third kappa shape index (κ3) is 5.57. The smallest absolute Gasteiger partial charge is 0.258 e. The minimum Gasteiger partial charge on any atom is -0.392 e. The molecule has 4 N–H and O–H groups in total. The van der Waals surface area contributed by atoms with Crippen LogP contribution in [-0.2, 0) is 13.1 Å². The number of aliphatic hydroxyl groups excluding tert-OH is 2. The second kappa shape index (κ2) is 12.1. The summed E-state index contributed by atoms with van der Waals surface area (Å²) in [6, 6.07) is 20.7. The number of rotatable bonds is 11. The normalized spacial score (nSPS) is 11.7. The Hall–Kier alpha value is -2.52. The topological polar surface area (TPSA) is 79.8 Å². The maximum Gasteiger partial charge on any atom is 0.258 e. The largest absolute Gasteiger partial charge is 0.392 e. The van der Waals surface area contributed by atoms with Gasteiger partial charge in [-0.1, -0.05) is 88.4 Å². The van der Waals surface area contributed by atoms with Gasteiger partial charge in [-0.2, -0.15) is 0 Å². The van der Waals surface area contributed by atoms with Crippen LogP contribution in [0, 0.1) is 0 Å². The molecule has 0 aliphatic rings. The van der Waals surface area contributed by atoms with Gasteiger partial charge in [0.1, 0.15) is 13.1 Å². The molecule has 4 aromatic rings. The fourth-order valence-electron chi connectivity index (χ4n) is 4.52. The highest BCUT2D eigenvalue weighted by Gasteiger charge is 2.32. The number of benzene rings is 2. The molecule has 6 nitrogen and oxygen atoms in total. The van der Waals surface area contributed by atoms with Crippen LogP contribution in [0.5, 0.6) is 0 Å². The van der Waals surface area contributed by atoms with Crippen LogP contribution in [-0.4, -0.2) is 33.4 Å². The number of aliphatic hydroxyl groups is 2. The van der Waals surface area contributed by atoms with Gasteiger partial charge in [-0.3, -0.25) is 0 Å². The number of nitrogens with zero attached hydrogens (tertiary/aromatic N) is 2. The Kier molecular flexibility index (Phi) is 8.95. The Morgan fingerprint density at radius 3 is 1.31 bits per heavy atom. The van der Waals surface area contributed by atoms with E-state index < -0.39 is 0 Å². The third-order valence-corrected chi connectivity index (χ3v) is 8.34. The number of hydrogen-bond acceptors (Lipinski definition) is 4. The van der Waals surface area contributed by atoms with Crippen molar-refractivity contribution in [1.82, 2.24) is 9.97 Å². The van der Waals surface area contributed by atoms with Gasteiger partial charge >= 0.3 is 0 Å². The van der Waals surface area contributed by atoms with Crippen molar-refractivity contribution in [1.29, 1.82) is 0 Å². The van der Waals surface area contributed by atoms with Gasteiger partial charge in [-0.05, 0) is 21.6 Å². The molecule has 0 radical (unpaired) electrons. The fourth-order valence-corrected chi connectivity index (χ4v) is 6.82. The molecule has 2 heterocycles. The summed E-state index contributed by atoms with van der Waals surface area (Å²) in [4.78, 5) is 7.33. The van der Waals surface area contributed by atoms with Crippen LogP contribution < -0.4 is 9.13 Å². The van der Waals surface area contributed by atoms with Crippen LogP contribution >= 0.6 is 21.6 Å². The highest BCUT2D eigenvalue weighted by molar-refractivity contribution is 8.76. The zero-order chi connectivity index (χ0) is 25.7. The molecular formula is C28H36N4O2S2+2. The van der Waals surface area contributed by atoms with Gasteiger partial charge in [0, 0.05) is 11.1 Å². The van der Waals surface area contributed by atoms with E-state index in [4.69, 9.17) is 0 Å². The molecule has 0 saturated carbocycles. The first kappa shape index (κ1) is 26.5. The molecule has 0 unspecified atom stereocenters. The monoisotopic (exact) mass is 524 g/mol. The molecule has 0 aliphatic carbocycles. The quantitative estimate of drug-likeness (QED) is 0.159. The second-order valence-corrected chi connectivity index (χ2v) is 11.5. The van der Waals surface area contributed by atoms with Crippen LogP contribution in [0.15, 0.2) is 70.7 Å². The number of H-pyrrole nitrogens is 2. The molecule has 2 aromatic heterocycles. The Labute approximate surface area is 221 Å². The second-order valence-electron chi connectivity index (χ2n) is 9.33. The molecule has 36 heavy (non-hydrogen) atoms. The first-order chi connectivity index (χ1) is 17.5. The summed E-state index contributed by atoms with van der Waals surface area (Å²) in [6.45, 7) is 9.89. The van der Waals surface area contributed by atoms with Crippen LogP contribution in [0.1, 0.15) is 51.2 Å². The van der Waals surface area contributed by atoms with Crippen LogP contribution in [0.4, 0.5) is 0 Å². The van der Waals surface area contributed by atoms with Crippen molar-refractivity contribution in [2.24, 2.45) is 0 Å². The van der Waals surface area contributed by atoms with Crippen LogP contribution in [0.3, 0.4) is 0 Å². The Morgan fingerprint density at radius 2 is 1.00 bits per heavy atom. The van der Waals surface area contributed by atoms with Crippen molar-refractivity contribution in [3.63, 3.8) is 0 Å². The summed E-state index contributed by atoms with van der Waals surface area (Å²) >= 11 is 0. The molecule has 0 saturated heterocycles. The highest BCUT2D eigenvalue weighted by Crippen LogP contribution is 2.43. The number of imidazole rings is 2. The van der Waals surface area contributed by atoms with E-state index in [-0.39, 0.29) is 25.0 Å². The number of nitrogens with one attached hydrogen (secondary N) is 2. The fraction of sp³-hybridized carbons (Fsp3) is 0.357. The van der Waals surface area contributed by atoms with Gasteiger partial charge in [0.25, 0.3) is 11.6 Å². The minimum atomic E-state index is 0.0764. The van der Waals surface area contributed by atoms with E-state index in [0.29, 0.717) is 13.1 Å². The zero-order valence-corrected chi connectivity index (χ0v) is 23.0. The molecule has 0 amide bonds. The number of hydrogen-bond donors (Lipinski definition) is 4. The lowest BCUT2D eigenvalue weighted by Gasteiger charge is -2.06. The highest BCUT2D eigenvalue weighted by atomic mass is 33.1. The van der Waals surface area contributed by atoms with E-state index in [2.05, 4.69) is 71.1 Å². The lowest BCUT2D eigenvalue weighted by Crippen LogP contribution is -2.40. The molecule has 2 aromatic carbocycles. The van der Waals surface area contributed by atoms with Gasteiger partial charge in [-0.25, -0.2) is 19.1 Å². The molecule has 0 aliphatic heterocycles. The first-order valence-electron chi connectivity index (χ1n) is 12.4. The predicted molar refractivity (Wildman–Crippen MR) is 147 cm³/mol. The SMILES string of the molecule is CC(C)c1[nH]c(SSc2[nH]c(C(C)C)[n+](CCO)c2-c2ccccc2)c(-c2ccccc2)[n+]1CCO. The van der Waals surface area contributed by atoms with Crippen molar-refractivity contribution in [2.75, 3.05) is 13.2 Å². The molecular weight excluding hydrogens is 488 g/mol. The average Bonchev–Trinajstić information content (AvgIpc) is 3.43. The minimum absolute atomic E-state index is 0.0764. The maximum absolute atomic E-state index is 9.84. The van der Waals surface area contributed by atoms with E-state index in [0.717, 1.165) is 44.2 Å². The van der Waals surface area contributed by atoms with Crippen molar-refractivity contribution in [3.8, 4) is 22.5 Å². The Bertz CT molecular complexity index is 1170. The Balaban J connectivity index is 1.80. The van der Waals surface area contributed by atoms with Crippen molar-refractivity contribution >= 4 is 21.6 Å². The summed E-state index contributed by atoms with van der Waals surface area (Å²) in [5.41, 5.74) is 4.41. The molecule has 0 fully saturated rings. The standard InChI is InChI=1S/C28H34N4O2S2/c1-19(2)25-29-27(23(31(25)15-17-33)21-11-7-5-8-12-21)35-36-28-24(22-13-9-6-10-14-22)32(16-18-34)26(30-28)20(3)4/h5-14,19-20,33-34H,15-18H2,1-4H3/p+2. The van der Waals surface area contributed by atoms with Crippen molar-refractivity contribution in [2.45, 2.75) is 62.7 Å². The van der Waals surface area contributed by atoms with Gasteiger partial charge in [0.2, 0.25) is 10.1 Å². The van der Waals surface area contributed by atoms with Crippen LogP contribution in [0.25, 0.3) is 22.5 Å². The molecule has 0 spiro atoms. The van der Waals surface area contributed by atoms with Crippen molar-refractivity contribution < 1.29 is 19.3 Å². The molecule has 0 atom stereocenters. The Morgan fingerprint density at radius 1 is 0.639 bits per heavy atom. The van der Waals surface area contributed by atoms with Gasteiger partial charge in [0.15, 0.2) is 11.4 Å². The molecule has 0 bridgehead atoms. The van der Waals surface area contributed by atoms with Gasteiger partial charge < -0.3 is 10.2 Å². The number of aromatic amines is 2. The van der Waals surface area contributed by atoms with Gasteiger partial charge in [0.05, 0.1) is 25.0 Å². The lowest BCUT2D eigenvalue weighted by atomic mass is 10.1. The van der Waals surface area contributed by atoms with Gasteiger partial charge in [-0.15, -0.1) is 0 Å². The molecule has 190 valence electrons. The summed E-state index contributed by atoms with van der Waals surface area (Å²) in [5.74, 6) is 2.75. The molecule has 4 rings (SSSR count). The van der Waals surface area contributed by atoms with Crippen LogP contribution in [0.2, 0.25) is 0 Å². The summed E-state index contributed by atoms with van der Waals surface area (Å²) in [5, 5.41) is 21.8.